The molecule has 1 amide bonds. The number of amides is 1. The molecular formula is C12H13N5O. The lowest BCUT2D eigenvalue weighted by Crippen LogP contribution is -2.48. The van der Waals surface area contributed by atoms with Crippen LogP contribution in [0.1, 0.15) is 0 Å². The molecule has 0 atom stereocenters. The lowest BCUT2D eigenvalue weighted by atomic mass is 10.2. The van der Waals surface area contributed by atoms with Crippen LogP contribution in [-0.2, 0) is 4.79 Å². The van der Waals surface area contributed by atoms with Gasteiger partial charge in [-0.15, -0.1) is 0 Å². The number of piperazine rings is 1. The summed E-state index contributed by atoms with van der Waals surface area (Å²) >= 11 is 0. The number of nitrogens with one attached hydrogen (secondary N) is 1. The van der Waals surface area contributed by atoms with Gasteiger partial charge in [-0.05, 0) is 12.1 Å². The molecule has 1 saturated heterocycles. The van der Waals surface area contributed by atoms with Crippen LogP contribution in [0.5, 0.6) is 0 Å². The number of aromatic nitrogens is 2. The summed E-state index contributed by atoms with van der Waals surface area (Å²) in [5.74, 6) is 0.963. The fourth-order valence-corrected chi connectivity index (χ4v) is 2.14. The SMILES string of the molecule is Nc1nc(N2CCNC(=O)C2)c2ccccc2n1. The number of benzene rings is 1. The zero-order valence-electron chi connectivity index (χ0n) is 9.76. The minimum Gasteiger partial charge on any atom is -0.368 e. The van der Waals surface area contributed by atoms with Crippen molar-refractivity contribution in [1.82, 2.24) is 15.3 Å². The smallest absolute Gasteiger partial charge is 0.239 e. The standard InChI is InChI=1S/C12H13N5O/c13-12-15-9-4-2-1-3-8(9)11(16-12)17-6-5-14-10(18)7-17/h1-4H,5-7H2,(H,14,18)(H2,13,15,16). The second-order valence-electron chi connectivity index (χ2n) is 4.19. The number of carbonyl (C=O) groups is 1. The van der Waals surface area contributed by atoms with E-state index in [-0.39, 0.29) is 11.9 Å². The van der Waals surface area contributed by atoms with E-state index in [1.165, 1.54) is 0 Å². The average molecular weight is 243 g/mol. The molecule has 18 heavy (non-hydrogen) atoms. The number of hydrogen-bond acceptors (Lipinski definition) is 5. The van der Waals surface area contributed by atoms with Gasteiger partial charge < -0.3 is 16.0 Å². The summed E-state index contributed by atoms with van der Waals surface area (Å²) in [6, 6.07) is 7.66. The summed E-state index contributed by atoms with van der Waals surface area (Å²) in [5.41, 5.74) is 6.51. The predicted octanol–water partition coefficient (Wildman–Crippen LogP) is 0.148. The molecule has 2 aromatic rings. The Morgan fingerprint density at radius 2 is 2.11 bits per heavy atom. The normalized spacial score (nSPS) is 15.8. The zero-order valence-corrected chi connectivity index (χ0v) is 9.76. The fraction of sp³-hybridized carbons (Fsp3) is 0.250. The Morgan fingerprint density at radius 3 is 2.94 bits per heavy atom. The second kappa shape index (κ2) is 4.14. The average Bonchev–Trinajstić information content (AvgIpc) is 2.37. The zero-order chi connectivity index (χ0) is 12.5. The van der Waals surface area contributed by atoms with Crippen LogP contribution >= 0.6 is 0 Å². The number of carbonyl (C=O) groups excluding carboxylic acids is 1. The van der Waals surface area contributed by atoms with Crippen LogP contribution in [0.15, 0.2) is 24.3 Å². The molecule has 0 bridgehead atoms. The van der Waals surface area contributed by atoms with Gasteiger partial charge in [0.05, 0.1) is 12.1 Å². The van der Waals surface area contributed by atoms with E-state index in [4.69, 9.17) is 5.73 Å². The maximum absolute atomic E-state index is 11.4. The summed E-state index contributed by atoms with van der Waals surface area (Å²) < 4.78 is 0. The molecule has 0 saturated carbocycles. The topological polar surface area (TPSA) is 84.1 Å². The summed E-state index contributed by atoms with van der Waals surface area (Å²) in [4.78, 5) is 21.8. The third-order valence-corrected chi connectivity index (χ3v) is 2.94. The van der Waals surface area contributed by atoms with Gasteiger partial charge in [-0.1, -0.05) is 12.1 Å². The van der Waals surface area contributed by atoms with Gasteiger partial charge in [-0.3, -0.25) is 4.79 Å². The van der Waals surface area contributed by atoms with E-state index in [0.29, 0.717) is 13.1 Å². The number of hydrogen-bond donors (Lipinski definition) is 2. The van der Waals surface area contributed by atoms with Gasteiger partial charge >= 0.3 is 0 Å². The van der Waals surface area contributed by atoms with Crippen LogP contribution in [-0.4, -0.2) is 35.5 Å². The quantitative estimate of drug-likeness (QED) is 0.744. The minimum absolute atomic E-state index is 0.00233. The molecule has 6 heteroatoms. The molecule has 0 unspecified atom stereocenters. The van der Waals surface area contributed by atoms with Crippen LogP contribution < -0.4 is 16.0 Å². The maximum Gasteiger partial charge on any atom is 0.239 e. The van der Waals surface area contributed by atoms with Crippen molar-refractivity contribution < 1.29 is 4.79 Å². The third kappa shape index (κ3) is 1.81. The molecule has 0 spiro atoms. The molecule has 1 fully saturated rings. The molecule has 3 N–H and O–H groups in total. The summed E-state index contributed by atoms with van der Waals surface area (Å²) in [7, 11) is 0. The van der Waals surface area contributed by atoms with Crippen LogP contribution in [0, 0.1) is 0 Å². The van der Waals surface area contributed by atoms with Crippen molar-refractivity contribution in [3.8, 4) is 0 Å². The van der Waals surface area contributed by atoms with Crippen LogP contribution in [0.4, 0.5) is 11.8 Å². The molecule has 3 rings (SSSR count). The van der Waals surface area contributed by atoms with Crippen LogP contribution in [0.2, 0.25) is 0 Å². The number of fused-ring (bicyclic) bond motifs is 1. The van der Waals surface area contributed by atoms with Gasteiger partial charge in [0.25, 0.3) is 0 Å². The molecule has 1 aliphatic heterocycles. The van der Waals surface area contributed by atoms with Gasteiger partial charge in [0.15, 0.2) is 0 Å². The number of para-hydroxylation sites is 1. The molecule has 0 aliphatic carbocycles. The lowest BCUT2D eigenvalue weighted by molar-refractivity contribution is -0.120. The Labute approximate surface area is 104 Å². The Balaban J connectivity index is 2.12. The van der Waals surface area contributed by atoms with Gasteiger partial charge in [0.1, 0.15) is 5.82 Å². The molecule has 1 aliphatic rings. The fourth-order valence-electron chi connectivity index (χ4n) is 2.14. The molecular weight excluding hydrogens is 230 g/mol. The molecule has 6 nitrogen and oxygen atoms in total. The van der Waals surface area contributed by atoms with Gasteiger partial charge in [-0.2, -0.15) is 4.98 Å². The highest BCUT2D eigenvalue weighted by Crippen LogP contribution is 2.24. The first-order valence-electron chi connectivity index (χ1n) is 5.78. The van der Waals surface area contributed by atoms with Crippen molar-refractivity contribution in [2.75, 3.05) is 30.3 Å². The molecule has 1 aromatic heterocycles. The molecule has 0 radical (unpaired) electrons. The van der Waals surface area contributed by atoms with E-state index in [1.54, 1.807) is 0 Å². The monoisotopic (exact) mass is 243 g/mol. The number of anilines is 2. The van der Waals surface area contributed by atoms with E-state index in [0.717, 1.165) is 23.3 Å². The Bertz CT molecular complexity index is 612. The van der Waals surface area contributed by atoms with E-state index in [2.05, 4.69) is 15.3 Å². The highest BCUT2D eigenvalue weighted by Gasteiger charge is 2.20. The maximum atomic E-state index is 11.4. The van der Waals surface area contributed by atoms with Crippen molar-refractivity contribution in [1.29, 1.82) is 0 Å². The first kappa shape index (κ1) is 10.8. The van der Waals surface area contributed by atoms with Crippen molar-refractivity contribution in [2.45, 2.75) is 0 Å². The number of nitrogen functional groups attached to an aromatic ring is 1. The van der Waals surface area contributed by atoms with Crippen molar-refractivity contribution in [3.05, 3.63) is 24.3 Å². The molecule has 92 valence electrons. The predicted molar refractivity (Wildman–Crippen MR) is 69.2 cm³/mol. The van der Waals surface area contributed by atoms with Crippen LogP contribution in [0.25, 0.3) is 10.9 Å². The van der Waals surface area contributed by atoms with Crippen molar-refractivity contribution in [2.24, 2.45) is 0 Å². The van der Waals surface area contributed by atoms with Crippen molar-refractivity contribution >= 4 is 28.6 Å². The minimum atomic E-state index is 0.00233. The van der Waals surface area contributed by atoms with Gasteiger partial charge in [0, 0.05) is 18.5 Å². The highest BCUT2D eigenvalue weighted by atomic mass is 16.2. The van der Waals surface area contributed by atoms with Crippen molar-refractivity contribution in [3.63, 3.8) is 0 Å². The van der Waals surface area contributed by atoms with E-state index in [9.17, 15) is 4.79 Å². The summed E-state index contributed by atoms with van der Waals surface area (Å²) in [6.45, 7) is 1.66. The highest BCUT2D eigenvalue weighted by molar-refractivity contribution is 5.92. The number of rotatable bonds is 1. The third-order valence-electron chi connectivity index (χ3n) is 2.94. The largest absolute Gasteiger partial charge is 0.368 e. The molecule has 1 aromatic carbocycles. The number of nitrogens with two attached hydrogens (primary N) is 1. The second-order valence-corrected chi connectivity index (χ2v) is 4.19. The first-order valence-corrected chi connectivity index (χ1v) is 5.78. The molecule has 2 heterocycles. The Hall–Kier alpha value is -2.37. The number of nitrogens with zero attached hydrogens (tertiary/aromatic N) is 3. The van der Waals surface area contributed by atoms with E-state index in [1.807, 2.05) is 29.2 Å². The van der Waals surface area contributed by atoms with Gasteiger partial charge in [0.2, 0.25) is 11.9 Å². The van der Waals surface area contributed by atoms with E-state index < -0.39 is 0 Å². The van der Waals surface area contributed by atoms with Gasteiger partial charge in [-0.25, -0.2) is 4.98 Å². The first-order chi connectivity index (χ1) is 8.74. The Kier molecular flexibility index (Phi) is 2.47. The van der Waals surface area contributed by atoms with E-state index >= 15 is 0 Å². The lowest BCUT2D eigenvalue weighted by Gasteiger charge is -2.28. The summed E-state index contributed by atoms with van der Waals surface area (Å²) in [6.07, 6.45) is 0. The Morgan fingerprint density at radius 1 is 1.28 bits per heavy atom. The van der Waals surface area contributed by atoms with Crippen LogP contribution in [0.3, 0.4) is 0 Å². The summed E-state index contributed by atoms with van der Waals surface area (Å²) in [5, 5.41) is 3.71.